The molecule has 110 valence electrons. The normalized spacial score (nSPS) is 22.3. The number of benzene rings is 1. The van der Waals surface area contributed by atoms with Gasteiger partial charge in [0, 0.05) is 23.8 Å². The van der Waals surface area contributed by atoms with Gasteiger partial charge < -0.3 is 10.6 Å². The number of carbonyl (C=O) groups is 1. The Labute approximate surface area is 122 Å². The summed E-state index contributed by atoms with van der Waals surface area (Å²) in [6.07, 6.45) is 6.54. The molecule has 20 heavy (non-hydrogen) atoms. The van der Waals surface area contributed by atoms with Gasteiger partial charge in [-0.3, -0.25) is 4.79 Å². The van der Waals surface area contributed by atoms with Gasteiger partial charge in [0.05, 0.1) is 0 Å². The maximum Gasteiger partial charge on any atom is 0.251 e. The van der Waals surface area contributed by atoms with E-state index in [9.17, 15) is 4.79 Å². The Balaban J connectivity index is 1.97. The Morgan fingerprint density at radius 3 is 2.50 bits per heavy atom. The molecule has 0 aromatic heterocycles. The predicted octanol–water partition coefficient (Wildman–Crippen LogP) is 3.82. The first-order valence-electron chi connectivity index (χ1n) is 7.89. The van der Waals surface area contributed by atoms with Gasteiger partial charge in [0.15, 0.2) is 0 Å². The van der Waals surface area contributed by atoms with Crippen LogP contribution in [0.1, 0.15) is 56.3 Å². The minimum absolute atomic E-state index is 0.00292. The highest BCUT2D eigenvalue weighted by Gasteiger charge is 2.23. The van der Waals surface area contributed by atoms with Crippen molar-refractivity contribution in [1.29, 1.82) is 0 Å². The fourth-order valence-electron chi connectivity index (χ4n) is 3.08. The van der Waals surface area contributed by atoms with E-state index in [4.69, 9.17) is 0 Å². The summed E-state index contributed by atoms with van der Waals surface area (Å²) in [5, 5.41) is 6.47. The zero-order valence-corrected chi connectivity index (χ0v) is 12.6. The van der Waals surface area contributed by atoms with Crippen LogP contribution in [0.4, 0.5) is 5.69 Å². The number of carbonyl (C=O) groups excluding carboxylic acids is 1. The summed E-state index contributed by atoms with van der Waals surface area (Å²) in [6.45, 7) is 4.88. The van der Waals surface area contributed by atoms with E-state index in [2.05, 4.69) is 17.6 Å². The molecule has 3 heteroatoms. The Morgan fingerprint density at radius 2 is 1.85 bits per heavy atom. The van der Waals surface area contributed by atoms with Crippen LogP contribution in [0, 0.1) is 5.92 Å². The molecule has 3 nitrogen and oxygen atoms in total. The molecule has 1 aromatic carbocycles. The molecule has 0 aliphatic heterocycles. The van der Waals surface area contributed by atoms with E-state index in [0.717, 1.165) is 17.2 Å². The molecule has 2 atom stereocenters. The van der Waals surface area contributed by atoms with Gasteiger partial charge in [-0.25, -0.2) is 0 Å². The van der Waals surface area contributed by atoms with E-state index in [-0.39, 0.29) is 5.91 Å². The molecule has 2 unspecified atom stereocenters. The Bertz CT molecular complexity index is 427. The second-order valence-electron chi connectivity index (χ2n) is 5.64. The molecule has 0 heterocycles. The lowest BCUT2D eigenvalue weighted by atomic mass is 9.83. The lowest BCUT2D eigenvalue weighted by Gasteiger charge is -2.32. The molecule has 1 aliphatic rings. The van der Waals surface area contributed by atoms with Crippen molar-refractivity contribution < 1.29 is 4.79 Å². The zero-order valence-electron chi connectivity index (χ0n) is 12.6. The highest BCUT2D eigenvalue weighted by atomic mass is 16.1. The van der Waals surface area contributed by atoms with Gasteiger partial charge >= 0.3 is 0 Å². The lowest BCUT2D eigenvalue weighted by Crippen LogP contribution is -2.31. The Morgan fingerprint density at radius 1 is 1.15 bits per heavy atom. The average molecular weight is 274 g/mol. The highest BCUT2D eigenvalue weighted by molar-refractivity contribution is 5.94. The smallest absolute Gasteiger partial charge is 0.251 e. The molecule has 0 bridgehead atoms. The number of hydrogen-bond donors (Lipinski definition) is 2. The lowest BCUT2D eigenvalue weighted by molar-refractivity contribution is 0.0956. The predicted molar refractivity (Wildman–Crippen MR) is 84.1 cm³/mol. The summed E-state index contributed by atoms with van der Waals surface area (Å²) in [5.41, 5.74) is 1.86. The number of hydrogen-bond acceptors (Lipinski definition) is 2. The van der Waals surface area contributed by atoms with E-state index >= 15 is 0 Å². The van der Waals surface area contributed by atoms with Crippen molar-refractivity contribution in [1.82, 2.24) is 5.32 Å². The van der Waals surface area contributed by atoms with Crippen LogP contribution in [0.25, 0.3) is 0 Å². The first-order valence-corrected chi connectivity index (χ1v) is 7.89. The minimum Gasteiger partial charge on any atom is -0.382 e. The number of amides is 1. The maximum absolute atomic E-state index is 11.7. The van der Waals surface area contributed by atoms with Crippen molar-refractivity contribution in [2.24, 2.45) is 5.92 Å². The van der Waals surface area contributed by atoms with Crippen molar-refractivity contribution in [2.45, 2.75) is 52.0 Å². The van der Waals surface area contributed by atoms with Crippen LogP contribution in [-0.2, 0) is 0 Å². The first-order chi connectivity index (χ1) is 9.74. The first kappa shape index (κ1) is 14.9. The maximum atomic E-state index is 11.7. The van der Waals surface area contributed by atoms with E-state index in [1.165, 1.54) is 32.1 Å². The molecule has 2 rings (SSSR count). The largest absolute Gasteiger partial charge is 0.382 e. The van der Waals surface area contributed by atoms with Crippen LogP contribution >= 0.6 is 0 Å². The molecule has 1 amide bonds. The summed E-state index contributed by atoms with van der Waals surface area (Å²) < 4.78 is 0. The van der Waals surface area contributed by atoms with Gasteiger partial charge in [-0.1, -0.05) is 26.2 Å². The standard InChI is InChI=1S/C17H26N2O/c1-3-13-7-5-6-8-16(13)19-15-11-9-14(10-12-15)17(20)18-4-2/h9-13,16,19H,3-8H2,1-2H3,(H,18,20). The number of rotatable bonds is 5. The van der Waals surface area contributed by atoms with Crippen LogP contribution in [0.5, 0.6) is 0 Å². The fourth-order valence-corrected chi connectivity index (χ4v) is 3.08. The Hall–Kier alpha value is -1.51. The van der Waals surface area contributed by atoms with Gasteiger partial charge in [0.2, 0.25) is 0 Å². The van der Waals surface area contributed by atoms with Crippen LogP contribution in [-0.4, -0.2) is 18.5 Å². The second-order valence-corrected chi connectivity index (χ2v) is 5.64. The SMILES string of the molecule is CCNC(=O)c1ccc(NC2CCCCC2CC)cc1. The third kappa shape index (κ3) is 3.75. The van der Waals surface area contributed by atoms with Crippen LogP contribution in [0.2, 0.25) is 0 Å². The van der Waals surface area contributed by atoms with E-state index in [1.807, 2.05) is 31.2 Å². The van der Waals surface area contributed by atoms with Crippen LogP contribution < -0.4 is 10.6 Å². The summed E-state index contributed by atoms with van der Waals surface area (Å²) in [6, 6.07) is 8.43. The topological polar surface area (TPSA) is 41.1 Å². The fraction of sp³-hybridized carbons (Fsp3) is 0.588. The third-order valence-electron chi connectivity index (χ3n) is 4.27. The molecular formula is C17H26N2O. The highest BCUT2D eigenvalue weighted by Crippen LogP contribution is 2.29. The van der Waals surface area contributed by atoms with Crippen molar-refractivity contribution in [3.63, 3.8) is 0 Å². The summed E-state index contributed by atoms with van der Waals surface area (Å²) in [4.78, 5) is 11.7. The van der Waals surface area contributed by atoms with E-state index < -0.39 is 0 Å². The van der Waals surface area contributed by atoms with Crippen molar-refractivity contribution in [2.75, 3.05) is 11.9 Å². The monoisotopic (exact) mass is 274 g/mol. The molecule has 2 N–H and O–H groups in total. The molecule has 0 radical (unpaired) electrons. The van der Waals surface area contributed by atoms with Crippen molar-refractivity contribution in [3.05, 3.63) is 29.8 Å². The summed E-state index contributed by atoms with van der Waals surface area (Å²) in [7, 11) is 0. The van der Waals surface area contributed by atoms with Gasteiger partial charge in [-0.05, 0) is 49.9 Å². The van der Waals surface area contributed by atoms with Crippen molar-refractivity contribution in [3.8, 4) is 0 Å². The van der Waals surface area contributed by atoms with Crippen molar-refractivity contribution >= 4 is 11.6 Å². The number of anilines is 1. The van der Waals surface area contributed by atoms with Crippen LogP contribution in [0.15, 0.2) is 24.3 Å². The van der Waals surface area contributed by atoms with E-state index in [1.54, 1.807) is 0 Å². The summed E-state index contributed by atoms with van der Waals surface area (Å²) >= 11 is 0. The summed E-state index contributed by atoms with van der Waals surface area (Å²) in [5.74, 6) is 0.787. The van der Waals surface area contributed by atoms with Gasteiger partial charge in [0.1, 0.15) is 0 Å². The molecular weight excluding hydrogens is 248 g/mol. The Kier molecular flexibility index (Phi) is 5.45. The van der Waals surface area contributed by atoms with E-state index in [0.29, 0.717) is 12.6 Å². The molecule has 1 saturated carbocycles. The molecule has 1 aromatic rings. The second kappa shape index (κ2) is 7.32. The molecule has 1 aliphatic carbocycles. The van der Waals surface area contributed by atoms with Crippen LogP contribution in [0.3, 0.4) is 0 Å². The van der Waals surface area contributed by atoms with Gasteiger partial charge in [0.25, 0.3) is 5.91 Å². The zero-order chi connectivity index (χ0) is 14.4. The van der Waals surface area contributed by atoms with Gasteiger partial charge in [-0.15, -0.1) is 0 Å². The number of nitrogens with one attached hydrogen (secondary N) is 2. The average Bonchev–Trinajstić information content (AvgIpc) is 2.49. The van der Waals surface area contributed by atoms with Gasteiger partial charge in [-0.2, -0.15) is 0 Å². The minimum atomic E-state index is 0.00292. The molecule has 0 spiro atoms. The quantitative estimate of drug-likeness (QED) is 0.857. The molecule has 1 fully saturated rings. The third-order valence-corrected chi connectivity index (χ3v) is 4.27. The molecule has 0 saturated heterocycles.